The van der Waals surface area contributed by atoms with E-state index in [1.165, 1.54) is 25.7 Å². The molecule has 4 nitrogen and oxygen atoms in total. The number of aryl methyl sites for hydroxylation is 2. The molecular weight excluding hydrogens is 270 g/mol. The first-order chi connectivity index (χ1) is 9.56. The molecule has 1 fully saturated rings. The van der Waals surface area contributed by atoms with Crippen molar-refractivity contribution < 1.29 is 4.79 Å². The van der Waals surface area contributed by atoms with Gasteiger partial charge in [0.1, 0.15) is 0 Å². The van der Waals surface area contributed by atoms with Gasteiger partial charge in [0.05, 0.1) is 16.7 Å². The summed E-state index contributed by atoms with van der Waals surface area (Å²) < 4.78 is 0. The third-order valence-corrected chi connectivity index (χ3v) is 5.13. The molecule has 112 valence electrons. The summed E-state index contributed by atoms with van der Waals surface area (Å²) in [6.07, 6.45) is 7.29. The second kappa shape index (κ2) is 7.07. The molecule has 1 aliphatic carbocycles. The first-order valence-corrected chi connectivity index (χ1v) is 8.39. The molecule has 0 unspecified atom stereocenters. The van der Waals surface area contributed by atoms with Crippen molar-refractivity contribution in [2.45, 2.75) is 71.4 Å². The highest BCUT2D eigenvalue weighted by Crippen LogP contribution is 2.24. The summed E-state index contributed by atoms with van der Waals surface area (Å²) in [6.45, 7) is 6.02. The van der Waals surface area contributed by atoms with Crippen LogP contribution in [0.25, 0.3) is 0 Å². The minimum absolute atomic E-state index is 0.0204. The van der Waals surface area contributed by atoms with Crippen molar-refractivity contribution in [1.82, 2.24) is 15.6 Å². The van der Waals surface area contributed by atoms with E-state index in [0.29, 0.717) is 6.04 Å². The van der Waals surface area contributed by atoms with Crippen LogP contribution in [0.2, 0.25) is 0 Å². The third kappa shape index (κ3) is 4.20. The van der Waals surface area contributed by atoms with E-state index < -0.39 is 0 Å². The molecule has 0 aromatic carbocycles. The van der Waals surface area contributed by atoms with Crippen LogP contribution in [0.15, 0.2) is 0 Å². The quantitative estimate of drug-likeness (QED) is 0.832. The summed E-state index contributed by atoms with van der Waals surface area (Å²) >= 11 is 1.66. The zero-order chi connectivity index (χ0) is 14.5. The molecular formula is C15H25N3OS. The van der Waals surface area contributed by atoms with Crippen molar-refractivity contribution in [3.63, 3.8) is 0 Å². The molecule has 2 rings (SSSR count). The van der Waals surface area contributed by atoms with Gasteiger partial charge in [-0.2, -0.15) is 0 Å². The second-order valence-electron chi connectivity index (χ2n) is 5.71. The number of rotatable bonds is 3. The van der Waals surface area contributed by atoms with Crippen LogP contribution < -0.4 is 10.6 Å². The molecule has 0 aliphatic heterocycles. The van der Waals surface area contributed by atoms with E-state index in [2.05, 4.69) is 15.6 Å². The number of urea groups is 1. The number of hydrogen-bond donors (Lipinski definition) is 2. The van der Waals surface area contributed by atoms with E-state index in [-0.39, 0.29) is 12.1 Å². The highest BCUT2D eigenvalue weighted by Gasteiger charge is 2.18. The molecule has 20 heavy (non-hydrogen) atoms. The smallest absolute Gasteiger partial charge is 0.315 e. The highest BCUT2D eigenvalue weighted by molar-refractivity contribution is 7.11. The number of amides is 2. The van der Waals surface area contributed by atoms with Crippen molar-refractivity contribution in [2.24, 2.45) is 0 Å². The number of thiazole rings is 1. The molecule has 1 aliphatic rings. The zero-order valence-electron chi connectivity index (χ0n) is 12.7. The Kier molecular flexibility index (Phi) is 5.40. The molecule has 2 amide bonds. The van der Waals surface area contributed by atoms with Crippen molar-refractivity contribution in [1.29, 1.82) is 0 Å². The van der Waals surface area contributed by atoms with E-state index in [4.69, 9.17) is 0 Å². The summed E-state index contributed by atoms with van der Waals surface area (Å²) in [4.78, 5) is 17.7. The first kappa shape index (κ1) is 15.3. The maximum Gasteiger partial charge on any atom is 0.315 e. The molecule has 0 bridgehead atoms. The van der Waals surface area contributed by atoms with Gasteiger partial charge in [0.2, 0.25) is 0 Å². The van der Waals surface area contributed by atoms with Crippen LogP contribution in [-0.2, 0) is 0 Å². The van der Waals surface area contributed by atoms with Gasteiger partial charge in [-0.3, -0.25) is 0 Å². The van der Waals surface area contributed by atoms with Crippen molar-refractivity contribution >= 4 is 17.4 Å². The number of carbonyl (C=O) groups excluding carboxylic acids is 1. The number of nitrogens with one attached hydrogen (secondary N) is 2. The molecule has 0 spiro atoms. The summed E-state index contributed by atoms with van der Waals surface area (Å²) in [6, 6.07) is 0.316. The summed E-state index contributed by atoms with van der Waals surface area (Å²) in [5.74, 6) is 0. The van der Waals surface area contributed by atoms with Gasteiger partial charge in [-0.1, -0.05) is 25.7 Å². The van der Waals surface area contributed by atoms with Crippen LogP contribution in [0.4, 0.5) is 4.79 Å². The second-order valence-corrected chi connectivity index (χ2v) is 6.95. The molecule has 0 saturated heterocycles. The van der Waals surface area contributed by atoms with Gasteiger partial charge in [0.15, 0.2) is 0 Å². The zero-order valence-corrected chi connectivity index (χ0v) is 13.5. The Morgan fingerprint density at radius 2 is 1.90 bits per heavy atom. The largest absolute Gasteiger partial charge is 0.335 e. The molecule has 1 aromatic heterocycles. The number of carbonyl (C=O) groups is 1. The average molecular weight is 295 g/mol. The Hall–Kier alpha value is -1.10. The van der Waals surface area contributed by atoms with Crippen molar-refractivity contribution in [2.75, 3.05) is 0 Å². The third-order valence-electron chi connectivity index (χ3n) is 3.87. The van der Waals surface area contributed by atoms with Gasteiger partial charge in [-0.15, -0.1) is 11.3 Å². The monoisotopic (exact) mass is 295 g/mol. The summed E-state index contributed by atoms with van der Waals surface area (Å²) in [5.41, 5.74) is 1.02. The predicted octanol–water partition coefficient (Wildman–Crippen LogP) is 3.84. The maximum atomic E-state index is 12.1. The fraction of sp³-hybridized carbons (Fsp3) is 0.733. The standard InChI is InChI=1S/C15H25N3OS/c1-10-14(20-12(3)16-10)11(2)17-15(19)18-13-8-6-4-5-7-9-13/h11,13H,4-9H2,1-3H3,(H2,17,18,19)/t11-/m0/s1. The number of nitrogens with zero attached hydrogens (tertiary/aromatic N) is 1. The van der Waals surface area contributed by atoms with Gasteiger partial charge in [-0.05, 0) is 33.6 Å². The Labute approximate surface area is 125 Å². The van der Waals surface area contributed by atoms with E-state index in [0.717, 1.165) is 28.4 Å². The van der Waals surface area contributed by atoms with Gasteiger partial charge in [-0.25, -0.2) is 9.78 Å². The lowest BCUT2D eigenvalue weighted by Gasteiger charge is -2.19. The number of aromatic nitrogens is 1. The van der Waals surface area contributed by atoms with Gasteiger partial charge < -0.3 is 10.6 Å². The Balaban J connectivity index is 1.85. The van der Waals surface area contributed by atoms with Crippen LogP contribution in [0.5, 0.6) is 0 Å². The topological polar surface area (TPSA) is 54.0 Å². The molecule has 2 N–H and O–H groups in total. The molecule has 1 saturated carbocycles. The lowest BCUT2D eigenvalue weighted by molar-refractivity contribution is 0.232. The lowest BCUT2D eigenvalue weighted by atomic mass is 10.1. The van der Waals surface area contributed by atoms with Crippen molar-refractivity contribution in [3.05, 3.63) is 15.6 Å². The normalized spacial score (nSPS) is 18.4. The fourth-order valence-electron chi connectivity index (χ4n) is 2.86. The van der Waals surface area contributed by atoms with E-state index in [1.54, 1.807) is 11.3 Å². The van der Waals surface area contributed by atoms with Crippen molar-refractivity contribution in [3.8, 4) is 0 Å². The van der Waals surface area contributed by atoms with Crippen LogP contribution >= 0.6 is 11.3 Å². The average Bonchev–Trinajstić information content (AvgIpc) is 2.59. The Morgan fingerprint density at radius 3 is 2.45 bits per heavy atom. The maximum absolute atomic E-state index is 12.1. The predicted molar refractivity (Wildman–Crippen MR) is 83.2 cm³/mol. The minimum atomic E-state index is -0.0464. The number of hydrogen-bond acceptors (Lipinski definition) is 3. The molecule has 0 radical (unpaired) electrons. The lowest BCUT2D eigenvalue weighted by Crippen LogP contribution is -2.42. The Bertz CT molecular complexity index is 450. The fourth-order valence-corrected chi connectivity index (χ4v) is 3.79. The Morgan fingerprint density at radius 1 is 1.25 bits per heavy atom. The molecule has 1 aromatic rings. The molecule has 5 heteroatoms. The molecule has 1 atom stereocenters. The van der Waals surface area contributed by atoms with Crippen LogP contribution in [0, 0.1) is 13.8 Å². The van der Waals surface area contributed by atoms with Gasteiger partial charge in [0, 0.05) is 10.9 Å². The minimum Gasteiger partial charge on any atom is -0.335 e. The SMILES string of the molecule is Cc1nc(C)c([C@H](C)NC(=O)NC2CCCCCC2)s1. The highest BCUT2D eigenvalue weighted by atomic mass is 32.1. The first-order valence-electron chi connectivity index (χ1n) is 7.57. The molecule has 1 heterocycles. The summed E-state index contributed by atoms with van der Waals surface area (Å²) in [5, 5.41) is 7.21. The summed E-state index contributed by atoms with van der Waals surface area (Å²) in [7, 11) is 0. The van der Waals surface area contributed by atoms with Crippen LogP contribution in [0.1, 0.15) is 67.1 Å². The van der Waals surface area contributed by atoms with E-state index in [1.807, 2.05) is 20.8 Å². The van der Waals surface area contributed by atoms with Gasteiger partial charge in [0.25, 0.3) is 0 Å². The van der Waals surface area contributed by atoms with E-state index in [9.17, 15) is 4.79 Å². The van der Waals surface area contributed by atoms with Gasteiger partial charge >= 0.3 is 6.03 Å². The van der Waals surface area contributed by atoms with E-state index >= 15 is 0 Å². The van der Waals surface area contributed by atoms with Crippen LogP contribution in [-0.4, -0.2) is 17.1 Å². The van der Waals surface area contributed by atoms with Crippen LogP contribution in [0.3, 0.4) is 0 Å².